The third-order valence-electron chi connectivity index (χ3n) is 0.195. The van der Waals surface area contributed by atoms with Crippen LogP contribution in [0.2, 0.25) is 0 Å². The van der Waals surface area contributed by atoms with Crippen molar-refractivity contribution >= 4 is 66.8 Å². The van der Waals surface area contributed by atoms with Crippen molar-refractivity contribution < 1.29 is 4.79 Å². The zero-order chi connectivity index (χ0) is 4.99. The summed E-state index contributed by atoms with van der Waals surface area (Å²) in [6, 6.07) is -0.593. The summed E-state index contributed by atoms with van der Waals surface area (Å²) in [6.45, 7) is 0. The van der Waals surface area contributed by atoms with Crippen LogP contribution in [-0.2, 0) is 0 Å². The molecule has 4 N–H and O–H groups in total. The standard InChI is InChI=1S/CH6N3OP.K.H/c2-1(5)3-4-6;;/h4H,6H2,(H3,2,3,5);;. The van der Waals surface area contributed by atoms with Crippen LogP contribution in [0.4, 0.5) is 4.79 Å². The summed E-state index contributed by atoms with van der Waals surface area (Å²) >= 11 is 0. The first-order valence-electron chi connectivity index (χ1n) is 1.28. The molecule has 1 unspecified atom stereocenters. The Morgan fingerprint density at radius 3 is 2.14 bits per heavy atom. The molecular weight excluding hydrogens is 140 g/mol. The molecule has 2 amide bonds. The fourth-order valence-corrected chi connectivity index (χ4v) is 0.213. The Morgan fingerprint density at radius 1 is 1.71 bits per heavy atom. The van der Waals surface area contributed by atoms with E-state index in [0.717, 1.165) is 0 Å². The molecular formula is CH7KN3OP. The Morgan fingerprint density at radius 2 is 2.14 bits per heavy atom. The fraction of sp³-hybridized carbons (Fsp3) is 0. The number of urea groups is 1. The average molecular weight is 147 g/mol. The molecule has 0 saturated heterocycles. The van der Waals surface area contributed by atoms with E-state index in [0.29, 0.717) is 0 Å². The van der Waals surface area contributed by atoms with Gasteiger partial charge in [0.1, 0.15) is 0 Å². The quantitative estimate of drug-likeness (QED) is 0.235. The zero-order valence-corrected chi connectivity index (χ0v) is 4.22. The third-order valence-corrected chi connectivity index (χ3v) is 0.340. The second-order valence-corrected chi connectivity index (χ2v) is 0.922. The molecule has 0 aliphatic heterocycles. The van der Waals surface area contributed by atoms with Crippen molar-refractivity contribution in [3.05, 3.63) is 0 Å². The molecule has 0 rings (SSSR count). The molecule has 0 fully saturated rings. The topological polar surface area (TPSA) is 67.2 Å². The summed E-state index contributed by atoms with van der Waals surface area (Å²) in [5.41, 5.74) is 6.64. The average Bonchev–Trinajstić information content (AvgIpc) is 1.35. The van der Waals surface area contributed by atoms with Gasteiger partial charge in [-0.15, -0.1) is 0 Å². The van der Waals surface area contributed by atoms with Gasteiger partial charge in [-0.25, -0.2) is 9.99 Å². The van der Waals surface area contributed by atoms with Gasteiger partial charge in [0.2, 0.25) is 0 Å². The van der Waals surface area contributed by atoms with Crippen LogP contribution in [0.3, 0.4) is 0 Å². The van der Waals surface area contributed by atoms with Gasteiger partial charge in [-0.05, 0) is 9.39 Å². The Kier molecular flexibility index (Phi) is 11.6. The van der Waals surface area contributed by atoms with Crippen LogP contribution in [0, 0.1) is 0 Å². The molecule has 0 bridgehead atoms. The van der Waals surface area contributed by atoms with Crippen LogP contribution in [0.1, 0.15) is 0 Å². The molecule has 0 aliphatic carbocycles. The molecule has 6 heteroatoms. The van der Waals surface area contributed by atoms with Gasteiger partial charge in [0.25, 0.3) is 0 Å². The van der Waals surface area contributed by atoms with Crippen molar-refractivity contribution in [2.75, 3.05) is 0 Å². The van der Waals surface area contributed by atoms with E-state index in [4.69, 9.17) is 0 Å². The van der Waals surface area contributed by atoms with Gasteiger partial charge in [-0.1, -0.05) is 0 Å². The number of amides is 2. The van der Waals surface area contributed by atoms with Crippen molar-refractivity contribution in [3.8, 4) is 0 Å². The van der Waals surface area contributed by atoms with Gasteiger partial charge in [0, 0.05) is 0 Å². The van der Waals surface area contributed by atoms with Crippen LogP contribution >= 0.6 is 9.39 Å². The molecule has 0 aliphatic rings. The van der Waals surface area contributed by atoms with Crippen molar-refractivity contribution in [1.82, 2.24) is 10.6 Å². The number of hydrazine groups is 1. The van der Waals surface area contributed by atoms with Crippen molar-refractivity contribution in [1.29, 1.82) is 0 Å². The minimum atomic E-state index is -0.593. The maximum atomic E-state index is 9.63. The molecule has 1 atom stereocenters. The van der Waals surface area contributed by atoms with Crippen LogP contribution in [0.5, 0.6) is 0 Å². The Hall–Kier alpha value is 1.30. The number of carbonyl (C=O) groups excluding carboxylic acids is 1. The van der Waals surface area contributed by atoms with E-state index < -0.39 is 6.03 Å². The number of hydrogen-bond acceptors (Lipinski definition) is 2. The zero-order valence-electron chi connectivity index (χ0n) is 3.06. The molecule has 7 heavy (non-hydrogen) atoms. The monoisotopic (exact) mass is 147 g/mol. The molecule has 0 spiro atoms. The van der Waals surface area contributed by atoms with Gasteiger partial charge in [0.05, 0.1) is 0 Å². The van der Waals surface area contributed by atoms with Crippen molar-refractivity contribution in [3.63, 3.8) is 0 Å². The first-order valence-corrected chi connectivity index (χ1v) is 1.86. The molecule has 4 nitrogen and oxygen atoms in total. The van der Waals surface area contributed by atoms with E-state index in [1.807, 2.05) is 0 Å². The Balaban J connectivity index is 0. The van der Waals surface area contributed by atoms with E-state index >= 15 is 0 Å². The molecule has 0 heterocycles. The summed E-state index contributed by atoms with van der Waals surface area (Å²) in [6.07, 6.45) is 0. The van der Waals surface area contributed by atoms with Gasteiger partial charge in [-0.2, -0.15) is 0 Å². The fourth-order valence-electron chi connectivity index (χ4n) is 0.0711. The second-order valence-electron chi connectivity index (χ2n) is 0.634. The Labute approximate surface area is 86.6 Å². The molecule has 38 valence electrons. The number of nitrogens with one attached hydrogen (secondary N) is 2. The third kappa shape index (κ3) is 11.1. The number of primary amides is 1. The number of hydrogen-bond donors (Lipinski definition) is 3. The number of nitrogens with two attached hydrogens (primary N) is 1. The molecule has 0 aromatic carbocycles. The van der Waals surface area contributed by atoms with Gasteiger partial charge in [0.15, 0.2) is 0 Å². The predicted octanol–water partition coefficient (Wildman–Crippen LogP) is -1.70. The van der Waals surface area contributed by atoms with E-state index in [1.165, 1.54) is 0 Å². The van der Waals surface area contributed by atoms with E-state index in [-0.39, 0.29) is 51.4 Å². The van der Waals surface area contributed by atoms with Crippen LogP contribution in [-0.4, -0.2) is 57.4 Å². The molecule has 0 saturated carbocycles. The molecule has 0 radical (unpaired) electrons. The van der Waals surface area contributed by atoms with Crippen molar-refractivity contribution in [2.45, 2.75) is 0 Å². The summed E-state index contributed by atoms with van der Waals surface area (Å²) in [5, 5.41) is 2.26. The van der Waals surface area contributed by atoms with Gasteiger partial charge in [-0.3, -0.25) is 5.43 Å². The summed E-state index contributed by atoms with van der Waals surface area (Å²) < 4.78 is 0. The molecule has 0 aromatic heterocycles. The summed E-state index contributed by atoms with van der Waals surface area (Å²) in [5.74, 6) is 0. The minimum absolute atomic E-state index is 0. The van der Waals surface area contributed by atoms with E-state index in [9.17, 15) is 4.79 Å². The number of carbonyl (C=O) groups is 1. The van der Waals surface area contributed by atoms with E-state index in [1.54, 1.807) is 0 Å². The first kappa shape index (κ1) is 11.1. The van der Waals surface area contributed by atoms with Gasteiger partial charge < -0.3 is 5.73 Å². The normalized spacial score (nSPS) is 6.43. The SMILES string of the molecule is NC(=O)NNP.[KH]. The van der Waals surface area contributed by atoms with Crippen LogP contribution in [0.15, 0.2) is 0 Å². The molecule has 0 aromatic rings. The van der Waals surface area contributed by atoms with Crippen LogP contribution < -0.4 is 16.4 Å². The summed E-state index contributed by atoms with van der Waals surface area (Å²) in [4.78, 5) is 9.63. The first-order chi connectivity index (χ1) is 2.77. The van der Waals surface area contributed by atoms with Gasteiger partial charge >= 0.3 is 57.4 Å². The second kappa shape index (κ2) is 7.30. The van der Waals surface area contributed by atoms with E-state index in [2.05, 4.69) is 25.7 Å². The van der Waals surface area contributed by atoms with Crippen LogP contribution in [0.25, 0.3) is 0 Å². The predicted molar refractivity (Wildman–Crippen MR) is 32.7 cm³/mol. The summed E-state index contributed by atoms with van der Waals surface area (Å²) in [7, 11) is 2.06. The number of rotatable bonds is 1. The maximum absolute atomic E-state index is 9.63. The Bertz CT molecular complexity index is 58.9. The van der Waals surface area contributed by atoms with Crippen molar-refractivity contribution in [2.24, 2.45) is 5.73 Å².